The van der Waals surface area contributed by atoms with Crippen LogP contribution in [0.2, 0.25) is 10.0 Å². The first kappa shape index (κ1) is 24.3. The summed E-state index contributed by atoms with van der Waals surface area (Å²) in [4.78, 5) is 5.16. The van der Waals surface area contributed by atoms with Crippen LogP contribution in [0.4, 0.5) is 0 Å². The van der Waals surface area contributed by atoms with E-state index < -0.39 is 10.0 Å². The van der Waals surface area contributed by atoms with E-state index in [1.165, 1.54) is 12.1 Å². The molecule has 0 aliphatic carbocycles. The fraction of sp³-hybridized carbons (Fsp3) is 0.190. The number of primary sulfonamides is 1. The minimum atomic E-state index is -3.73. The minimum Gasteiger partial charge on any atom is -0.504 e. The standard InChI is InChI=1S/C21H20Cl2N4O3S2/c1-12(25-11-15(31)9-13-3-6-16(7-4-13)32(24,29)30)19-21(28)20(27(2)26-19)14-5-8-17(22)18(23)10-14/h3-8,10,28H,9,11H2,1-2H3,(H2,24,29,30). The number of hydrogen-bond acceptors (Lipinski definition) is 6. The first-order chi connectivity index (χ1) is 15.0. The monoisotopic (exact) mass is 510 g/mol. The molecule has 3 N–H and O–H groups in total. The molecule has 0 bridgehead atoms. The molecule has 0 aliphatic heterocycles. The van der Waals surface area contributed by atoms with Gasteiger partial charge in [-0.1, -0.05) is 53.6 Å². The number of thiocarbonyl (C=S) groups is 1. The van der Waals surface area contributed by atoms with Gasteiger partial charge in [-0.3, -0.25) is 9.67 Å². The number of rotatable bonds is 7. The lowest BCUT2D eigenvalue weighted by molar-refractivity contribution is 0.475. The van der Waals surface area contributed by atoms with Gasteiger partial charge in [0.15, 0.2) is 5.75 Å². The number of aromatic hydroxyl groups is 1. The molecule has 0 saturated carbocycles. The van der Waals surface area contributed by atoms with E-state index in [1.54, 1.807) is 49.0 Å². The van der Waals surface area contributed by atoms with Gasteiger partial charge in [0.2, 0.25) is 10.0 Å². The van der Waals surface area contributed by atoms with E-state index in [0.717, 1.165) is 5.56 Å². The van der Waals surface area contributed by atoms with E-state index in [2.05, 4.69) is 10.1 Å². The summed E-state index contributed by atoms with van der Waals surface area (Å²) in [6, 6.07) is 11.3. The van der Waals surface area contributed by atoms with E-state index in [0.29, 0.717) is 44.0 Å². The van der Waals surface area contributed by atoms with Gasteiger partial charge in [0.05, 0.1) is 27.2 Å². The topological polar surface area (TPSA) is 111 Å². The van der Waals surface area contributed by atoms with Crippen LogP contribution in [0.15, 0.2) is 52.4 Å². The van der Waals surface area contributed by atoms with Crippen molar-refractivity contribution in [1.82, 2.24) is 9.78 Å². The average Bonchev–Trinajstić information content (AvgIpc) is 3.02. The van der Waals surface area contributed by atoms with Crippen molar-refractivity contribution >= 4 is 56.0 Å². The Morgan fingerprint density at radius 3 is 2.44 bits per heavy atom. The Bertz CT molecular complexity index is 1320. The fourth-order valence-electron chi connectivity index (χ4n) is 3.09. The van der Waals surface area contributed by atoms with Gasteiger partial charge in [0.25, 0.3) is 0 Å². The lowest BCUT2D eigenvalue weighted by Crippen LogP contribution is -2.12. The molecule has 2 aromatic carbocycles. The van der Waals surface area contributed by atoms with Crippen LogP contribution in [0, 0.1) is 0 Å². The minimum absolute atomic E-state index is 0.0170. The molecular weight excluding hydrogens is 491 g/mol. The molecule has 1 heterocycles. The largest absolute Gasteiger partial charge is 0.504 e. The van der Waals surface area contributed by atoms with Gasteiger partial charge in [0, 0.05) is 23.9 Å². The van der Waals surface area contributed by atoms with E-state index in [9.17, 15) is 13.5 Å². The van der Waals surface area contributed by atoms with E-state index in [-0.39, 0.29) is 17.2 Å². The lowest BCUT2D eigenvalue weighted by Gasteiger charge is -2.05. The Morgan fingerprint density at radius 1 is 1.19 bits per heavy atom. The summed E-state index contributed by atoms with van der Waals surface area (Å²) in [5.41, 5.74) is 2.87. The normalized spacial score (nSPS) is 12.2. The Morgan fingerprint density at radius 2 is 1.84 bits per heavy atom. The van der Waals surface area contributed by atoms with Gasteiger partial charge >= 0.3 is 0 Å². The molecule has 1 aromatic heterocycles. The zero-order valence-electron chi connectivity index (χ0n) is 17.2. The van der Waals surface area contributed by atoms with Crippen molar-refractivity contribution in [3.05, 3.63) is 63.8 Å². The Kier molecular flexibility index (Phi) is 7.36. The number of aryl methyl sites for hydroxylation is 1. The van der Waals surface area contributed by atoms with Crippen molar-refractivity contribution in [3.63, 3.8) is 0 Å². The highest BCUT2D eigenvalue weighted by Crippen LogP contribution is 2.35. The highest BCUT2D eigenvalue weighted by atomic mass is 35.5. The lowest BCUT2D eigenvalue weighted by atomic mass is 10.1. The summed E-state index contributed by atoms with van der Waals surface area (Å²) < 4.78 is 24.2. The second-order valence-corrected chi connectivity index (χ2v) is 10.1. The van der Waals surface area contributed by atoms with Gasteiger partial charge in [0.1, 0.15) is 11.4 Å². The predicted octanol–water partition coefficient (Wildman–Crippen LogP) is 4.17. The van der Waals surface area contributed by atoms with Crippen LogP contribution >= 0.6 is 35.4 Å². The SMILES string of the molecule is CC(=NCC(=S)Cc1ccc(S(N)(=O)=O)cc1)c1nn(C)c(-c2ccc(Cl)c(Cl)c2)c1O. The molecule has 11 heteroatoms. The van der Waals surface area contributed by atoms with Crippen molar-refractivity contribution in [2.75, 3.05) is 6.54 Å². The summed E-state index contributed by atoms with van der Waals surface area (Å²) in [6.45, 7) is 1.99. The molecule has 0 saturated heterocycles. The fourth-order valence-corrected chi connectivity index (χ4v) is 4.13. The van der Waals surface area contributed by atoms with Gasteiger partial charge < -0.3 is 5.11 Å². The smallest absolute Gasteiger partial charge is 0.238 e. The molecule has 3 rings (SSSR count). The molecule has 0 atom stereocenters. The first-order valence-corrected chi connectivity index (χ1v) is 12.0. The van der Waals surface area contributed by atoms with Crippen LogP contribution in [0.1, 0.15) is 18.2 Å². The van der Waals surface area contributed by atoms with Crippen LogP contribution in [-0.4, -0.2) is 40.4 Å². The van der Waals surface area contributed by atoms with Crippen LogP contribution in [0.25, 0.3) is 11.3 Å². The summed E-state index contributed by atoms with van der Waals surface area (Å²) >= 11 is 17.5. The number of hydrogen-bond donors (Lipinski definition) is 2. The number of halogens is 2. The molecule has 0 spiro atoms. The predicted molar refractivity (Wildman–Crippen MR) is 132 cm³/mol. The van der Waals surface area contributed by atoms with E-state index >= 15 is 0 Å². The molecule has 0 aliphatic rings. The third kappa shape index (κ3) is 5.54. The zero-order chi connectivity index (χ0) is 23.6. The maximum absolute atomic E-state index is 11.3. The highest BCUT2D eigenvalue weighted by molar-refractivity contribution is 7.89. The number of benzene rings is 2. The maximum Gasteiger partial charge on any atom is 0.238 e. The molecule has 3 aromatic rings. The number of aromatic nitrogens is 2. The highest BCUT2D eigenvalue weighted by Gasteiger charge is 2.19. The molecule has 0 amide bonds. The molecule has 0 radical (unpaired) electrons. The second-order valence-electron chi connectivity index (χ2n) is 7.10. The first-order valence-electron chi connectivity index (χ1n) is 9.33. The van der Waals surface area contributed by atoms with Crippen LogP contribution < -0.4 is 5.14 Å². The number of sulfonamides is 1. The molecule has 168 valence electrons. The van der Waals surface area contributed by atoms with E-state index in [4.69, 9.17) is 40.6 Å². The van der Waals surface area contributed by atoms with Crippen molar-refractivity contribution in [1.29, 1.82) is 0 Å². The van der Waals surface area contributed by atoms with Crippen molar-refractivity contribution < 1.29 is 13.5 Å². The second kappa shape index (κ2) is 9.68. The van der Waals surface area contributed by atoms with E-state index in [1.807, 2.05) is 0 Å². The third-order valence-corrected chi connectivity index (χ3v) is 6.65. The van der Waals surface area contributed by atoms with Crippen molar-refractivity contribution in [2.45, 2.75) is 18.2 Å². The van der Waals surface area contributed by atoms with Crippen molar-refractivity contribution in [3.8, 4) is 17.0 Å². The van der Waals surface area contributed by atoms with Crippen LogP contribution in [0.3, 0.4) is 0 Å². The van der Waals surface area contributed by atoms with Gasteiger partial charge in [-0.2, -0.15) is 5.10 Å². The number of nitrogens with two attached hydrogens (primary N) is 1. The number of aliphatic imine (C=N–C) groups is 1. The molecule has 7 nitrogen and oxygen atoms in total. The summed E-state index contributed by atoms with van der Waals surface area (Å²) in [5.74, 6) is -0.0170. The summed E-state index contributed by atoms with van der Waals surface area (Å²) in [5, 5.41) is 21.0. The van der Waals surface area contributed by atoms with Crippen LogP contribution in [0.5, 0.6) is 5.75 Å². The van der Waals surface area contributed by atoms with Gasteiger partial charge in [-0.15, -0.1) is 0 Å². The van der Waals surface area contributed by atoms with Gasteiger partial charge in [-0.25, -0.2) is 13.6 Å². The molecule has 0 unspecified atom stereocenters. The van der Waals surface area contributed by atoms with Crippen LogP contribution in [-0.2, 0) is 23.5 Å². The summed E-state index contributed by atoms with van der Waals surface area (Å²) in [7, 11) is -2.02. The third-order valence-electron chi connectivity index (χ3n) is 4.70. The van der Waals surface area contributed by atoms with Crippen molar-refractivity contribution in [2.24, 2.45) is 17.2 Å². The maximum atomic E-state index is 11.3. The molecular formula is C21H20Cl2N4O3S2. The Balaban J connectivity index is 1.75. The molecule has 32 heavy (non-hydrogen) atoms. The Hall–Kier alpha value is -2.30. The summed E-state index contributed by atoms with van der Waals surface area (Å²) in [6.07, 6.45) is 0.444. The average molecular weight is 511 g/mol. The van der Waals surface area contributed by atoms with Gasteiger partial charge in [-0.05, 0) is 36.8 Å². The number of nitrogens with zero attached hydrogens (tertiary/aromatic N) is 3. The molecule has 0 fully saturated rings. The zero-order valence-corrected chi connectivity index (χ0v) is 20.4. The quantitative estimate of drug-likeness (QED) is 0.366. The Labute approximate surface area is 201 Å².